The number of aryl methyl sites for hydroxylation is 1. The van der Waals surface area contributed by atoms with Crippen LogP contribution in [0, 0.1) is 18.8 Å². The van der Waals surface area contributed by atoms with Crippen LogP contribution >= 0.6 is 0 Å². The van der Waals surface area contributed by atoms with Crippen molar-refractivity contribution in [2.24, 2.45) is 11.8 Å². The van der Waals surface area contributed by atoms with E-state index in [1.807, 2.05) is 6.92 Å². The van der Waals surface area contributed by atoms with Crippen molar-refractivity contribution in [3.05, 3.63) is 29.8 Å². The zero-order valence-corrected chi connectivity index (χ0v) is 12.8. The molecule has 0 bridgehead atoms. The predicted molar refractivity (Wildman–Crippen MR) is 77.4 cm³/mol. The zero-order valence-electron chi connectivity index (χ0n) is 12.0. The molecular formula is C15H20O5S. The molecule has 6 heteroatoms. The molecule has 1 fully saturated rings. The minimum absolute atomic E-state index is 0.00123. The van der Waals surface area contributed by atoms with Gasteiger partial charge in [0.2, 0.25) is 0 Å². The first-order chi connectivity index (χ1) is 9.88. The van der Waals surface area contributed by atoms with Crippen LogP contribution in [0.1, 0.15) is 31.2 Å². The van der Waals surface area contributed by atoms with Crippen LogP contribution < -0.4 is 0 Å². The highest BCUT2D eigenvalue weighted by Crippen LogP contribution is 2.34. The van der Waals surface area contributed by atoms with Gasteiger partial charge in [0.25, 0.3) is 10.1 Å². The summed E-state index contributed by atoms with van der Waals surface area (Å²) in [5.41, 5.74) is 0.978. The average Bonchev–Trinajstić information content (AvgIpc) is 2.83. The van der Waals surface area contributed by atoms with Crippen molar-refractivity contribution in [1.29, 1.82) is 0 Å². The number of benzene rings is 1. The highest BCUT2D eigenvalue weighted by atomic mass is 32.2. The Bertz CT molecular complexity index is 591. The third-order valence-corrected chi connectivity index (χ3v) is 5.30. The standard InChI is InChI=1S/C15H20O5S/c1-11-5-7-14(8-6-11)21(18,19)20-10-13-4-2-3-12(13)9-15(16)17/h5-8,12-13H,2-4,9-10H2,1H3,(H,16,17)/t12-,13-/m1/s1. The first-order valence-corrected chi connectivity index (χ1v) is 8.47. The van der Waals surface area contributed by atoms with E-state index in [-0.39, 0.29) is 29.8 Å². The van der Waals surface area contributed by atoms with Gasteiger partial charge in [-0.1, -0.05) is 24.1 Å². The van der Waals surface area contributed by atoms with Crippen LogP contribution in [0.15, 0.2) is 29.2 Å². The summed E-state index contributed by atoms with van der Waals surface area (Å²) < 4.78 is 29.3. The van der Waals surface area contributed by atoms with E-state index in [1.54, 1.807) is 12.1 Å². The van der Waals surface area contributed by atoms with E-state index in [2.05, 4.69) is 0 Å². The van der Waals surface area contributed by atoms with Gasteiger partial charge in [0.15, 0.2) is 0 Å². The van der Waals surface area contributed by atoms with Gasteiger partial charge in [-0.15, -0.1) is 0 Å². The van der Waals surface area contributed by atoms with Crippen LogP contribution in [0.5, 0.6) is 0 Å². The molecule has 0 amide bonds. The summed E-state index contributed by atoms with van der Waals surface area (Å²) in [6, 6.07) is 6.49. The lowest BCUT2D eigenvalue weighted by Gasteiger charge is -2.17. The molecule has 21 heavy (non-hydrogen) atoms. The number of rotatable bonds is 6. The molecule has 0 aromatic heterocycles. The molecule has 0 unspecified atom stereocenters. The highest BCUT2D eigenvalue weighted by Gasteiger charge is 2.30. The Balaban J connectivity index is 1.98. The summed E-state index contributed by atoms with van der Waals surface area (Å²) in [7, 11) is -3.76. The average molecular weight is 312 g/mol. The summed E-state index contributed by atoms with van der Waals surface area (Å²) in [5, 5.41) is 8.86. The minimum atomic E-state index is -3.76. The molecule has 0 saturated heterocycles. The maximum atomic E-state index is 12.1. The fraction of sp³-hybridized carbons (Fsp3) is 0.533. The van der Waals surface area contributed by atoms with Gasteiger partial charge < -0.3 is 5.11 Å². The summed E-state index contributed by atoms with van der Waals surface area (Å²) in [6.07, 6.45) is 2.65. The van der Waals surface area contributed by atoms with E-state index >= 15 is 0 Å². The molecule has 1 aromatic rings. The largest absolute Gasteiger partial charge is 0.481 e. The fourth-order valence-corrected chi connectivity index (χ4v) is 3.74. The molecule has 0 heterocycles. The predicted octanol–water partition coefficient (Wildman–Crippen LogP) is 2.59. The zero-order chi connectivity index (χ0) is 15.5. The summed E-state index contributed by atoms with van der Waals surface area (Å²) >= 11 is 0. The Hall–Kier alpha value is -1.40. The van der Waals surface area contributed by atoms with E-state index in [0.717, 1.165) is 24.8 Å². The van der Waals surface area contributed by atoms with E-state index in [0.29, 0.717) is 0 Å². The van der Waals surface area contributed by atoms with Crippen LogP contribution in [0.4, 0.5) is 0 Å². The van der Waals surface area contributed by atoms with E-state index in [4.69, 9.17) is 9.29 Å². The van der Waals surface area contributed by atoms with Crippen molar-refractivity contribution in [3.8, 4) is 0 Å². The summed E-state index contributed by atoms with van der Waals surface area (Å²) in [6.45, 7) is 1.94. The number of aliphatic carboxylic acids is 1. The molecule has 0 aliphatic heterocycles. The Morgan fingerprint density at radius 2 is 1.86 bits per heavy atom. The molecule has 1 N–H and O–H groups in total. The highest BCUT2D eigenvalue weighted by molar-refractivity contribution is 7.86. The van der Waals surface area contributed by atoms with Crippen molar-refractivity contribution < 1.29 is 22.5 Å². The van der Waals surface area contributed by atoms with Crippen molar-refractivity contribution in [2.75, 3.05) is 6.61 Å². The third-order valence-electron chi connectivity index (χ3n) is 4.00. The van der Waals surface area contributed by atoms with E-state index < -0.39 is 16.1 Å². The van der Waals surface area contributed by atoms with Gasteiger partial charge in [0, 0.05) is 6.42 Å². The molecule has 0 radical (unpaired) electrons. The van der Waals surface area contributed by atoms with Crippen molar-refractivity contribution in [1.82, 2.24) is 0 Å². The Morgan fingerprint density at radius 1 is 1.24 bits per heavy atom. The molecule has 1 aliphatic carbocycles. The lowest BCUT2D eigenvalue weighted by atomic mass is 9.94. The normalized spacial score (nSPS) is 22.3. The van der Waals surface area contributed by atoms with Gasteiger partial charge in [-0.2, -0.15) is 8.42 Å². The molecule has 116 valence electrons. The summed E-state index contributed by atoms with van der Waals surface area (Å²) in [4.78, 5) is 10.9. The van der Waals surface area contributed by atoms with Crippen LogP contribution in [-0.2, 0) is 19.1 Å². The number of hydrogen-bond acceptors (Lipinski definition) is 4. The topological polar surface area (TPSA) is 80.7 Å². The Labute approximate surface area is 125 Å². The van der Waals surface area contributed by atoms with Crippen molar-refractivity contribution >= 4 is 16.1 Å². The number of carboxylic acid groups (broad SMARTS) is 1. The number of carboxylic acids is 1. The quantitative estimate of drug-likeness (QED) is 0.817. The van der Waals surface area contributed by atoms with Crippen molar-refractivity contribution in [3.63, 3.8) is 0 Å². The van der Waals surface area contributed by atoms with Crippen molar-refractivity contribution in [2.45, 2.75) is 37.5 Å². The van der Waals surface area contributed by atoms with Crippen LogP contribution in [0.25, 0.3) is 0 Å². The van der Waals surface area contributed by atoms with Gasteiger partial charge in [-0.25, -0.2) is 0 Å². The minimum Gasteiger partial charge on any atom is -0.481 e. The van der Waals surface area contributed by atoms with Crippen LogP contribution in [0.3, 0.4) is 0 Å². The fourth-order valence-electron chi connectivity index (χ4n) is 2.78. The smallest absolute Gasteiger partial charge is 0.303 e. The van der Waals surface area contributed by atoms with Gasteiger partial charge in [-0.05, 0) is 43.7 Å². The molecule has 2 rings (SSSR count). The molecule has 1 aromatic carbocycles. The second-order valence-corrected chi connectivity index (χ2v) is 7.22. The number of carbonyl (C=O) groups is 1. The molecule has 1 saturated carbocycles. The third kappa shape index (κ3) is 4.28. The maximum Gasteiger partial charge on any atom is 0.303 e. The first-order valence-electron chi connectivity index (χ1n) is 7.06. The SMILES string of the molecule is Cc1ccc(S(=O)(=O)OC[C@H]2CCC[C@@H]2CC(=O)O)cc1. The van der Waals surface area contributed by atoms with Gasteiger partial charge >= 0.3 is 5.97 Å². The summed E-state index contributed by atoms with van der Waals surface area (Å²) in [5.74, 6) is -0.828. The van der Waals surface area contributed by atoms with Gasteiger partial charge in [0.1, 0.15) is 0 Å². The second kappa shape index (κ2) is 6.58. The lowest BCUT2D eigenvalue weighted by molar-refractivity contribution is -0.138. The molecule has 1 aliphatic rings. The number of hydrogen-bond donors (Lipinski definition) is 1. The molecule has 5 nitrogen and oxygen atoms in total. The second-order valence-electron chi connectivity index (χ2n) is 5.60. The maximum absolute atomic E-state index is 12.1. The Kier molecular flexibility index (Phi) is 5.00. The molecule has 2 atom stereocenters. The van der Waals surface area contributed by atoms with Crippen LogP contribution in [0.2, 0.25) is 0 Å². The lowest BCUT2D eigenvalue weighted by Crippen LogP contribution is -2.20. The van der Waals surface area contributed by atoms with Gasteiger partial charge in [0.05, 0.1) is 11.5 Å². The first kappa shape index (κ1) is 16.0. The molecular weight excluding hydrogens is 292 g/mol. The van der Waals surface area contributed by atoms with E-state index in [9.17, 15) is 13.2 Å². The van der Waals surface area contributed by atoms with Crippen LogP contribution in [-0.4, -0.2) is 26.1 Å². The molecule has 0 spiro atoms. The Morgan fingerprint density at radius 3 is 2.48 bits per heavy atom. The monoisotopic (exact) mass is 312 g/mol. The van der Waals surface area contributed by atoms with Gasteiger partial charge in [-0.3, -0.25) is 8.98 Å². The van der Waals surface area contributed by atoms with E-state index in [1.165, 1.54) is 12.1 Å².